The van der Waals surface area contributed by atoms with Crippen LogP contribution in [0, 0.1) is 6.92 Å². The van der Waals surface area contributed by atoms with E-state index in [1.165, 1.54) is 12.5 Å². The molecule has 0 unspecified atom stereocenters. The highest BCUT2D eigenvalue weighted by atomic mass is 16.3. The highest BCUT2D eigenvalue weighted by Gasteiger charge is 2.25. The summed E-state index contributed by atoms with van der Waals surface area (Å²) in [5.41, 5.74) is 1.97. The fourth-order valence-corrected chi connectivity index (χ4v) is 3.16. The summed E-state index contributed by atoms with van der Waals surface area (Å²) >= 11 is 0. The average Bonchev–Trinajstić information content (AvgIpc) is 3.21. The first-order chi connectivity index (χ1) is 13.0. The fourth-order valence-electron chi connectivity index (χ4n) is 3.16. The van der Waals surface area contributed by atoms with Crippen LogP contribution in [-0.2, 0) is 4.79 Å². The number of amides is 3. The van der Waals surface area contributed by atoms with E-state index in [2.05, 4.69) is 10.6 Å². The SMILES string of the molecule is Cc1ccccc1C(=O)NCC(=O)NC1CCN(C(=O)c2ccoc2)CC1. The second kappa shape index (κ2) is 8.53. The summed E-state index contributed by atoms with van der Waals surface area (Å²) < 4.78 is 4.95. The lowest BCUT2D eigenvalue weighted by atomic mass is 10.0. The highest BCUT2D eigenvalue weighted by Crippen LogP contribution is 2.14. The smallest absolute Gasteiger partial charge is 0.257 e. The van der Waals surface area contributed by atoms with E-state index in [1.807, 2.05) is 19.1 Å². The van der Waals surface area contributed by atoms with Crippen molar-refractivity contribution in [3.05, 3.63) is 59.5 Å². The zero-order chi connectivity index (χ0) is 19.2. The Morgan fingerprint density at radius 2 is 1.89 bits per heavy atom. The largest absolute Gasteiger partial charge is 0.472 e. The maximum absolute atomic E-state index is 12.3. The van der Waals surface area contributed by atoms with Crippen LogP contribution in [0.5, 0.6) is 0 Å². The van der Waals surface area contributed by atoms with E-state index in [4.69, 9.17) is 4.42 Å². The topological polar surface area (TPSA) is 91.7 Å². The van der Waals surface area contributed by atoms with Crippen molar-refractivity contribution in [3.63, 3.8) is 0 Å². The number of furan rings is 1. The molecule has 2 heterocycles. The number of carbonyl (C=O) groups is 3. The normalized spacial score (nSPS) is 14.6. The zero-order valence-corrected chi connectivity index (χ0v) is 15.2. The van der Waals surface area contributed by atoms with Crippen LogP contribution < -0.4 is 10.6 Å². The Labute approximate surface area is 157 Å². The van der Waals surface area contributed by atoms with Gasteiger partial charge in [-0.25, -0.2) is 0 Å². The Kier molecular flexibility index (Phi) is 5.90. The molecule has 0 bridgehead atoms. The molecular formula is C20H23N3O4. The number of piperidine rings is 1. The van der Waals surface area contributed by atoms with Gasteiger partial charge >= 0.3 is 0 Å². The number of aryl methyl sites for hydroxylation is 1. The monoisotopic (exact) mass is 369 g/mol. The van der Waals surface area contributed by atoms with Gasteiger partial charge < -0.3 is 20.0 Å². The molecule has 0 aliphatic carbocycles. The number of benzene rings is 1. The molecule has 2 N–H and O–H groups in total. The van der Waals surface area contributed by atoms with Crippen LogP contribution in [0.3, 0.4) is 0 Å². The van der Waals surface area contributed by atoms with Crippen molar-refractivity contribution in [1.29, 1.82) is 0 Å². The number of nitrogens with one attached hydrogen (secondary N) is 2. The minimum Gasteiger partial charge on any atom is -0.472 e. The van der Waals surface area contributed by atoms with Gasteiger partial charge in [0.25, 0.3) is 11.8 Å². The van der Waals surface area contributed by atoms with Crippen molar-refractivity contribution in [2.24, 2.45) is 0 Å². The van der Waals surface area contributed by atoms with Gasteiger partial charge in [-0.3, -0.25) is 14.4 Å². The minimum atomic E-state index is -0.260. The third-order valence-electron chi connectivity index (χ3n) is 4.71. The van der Waals surface area contributed by atoms with Crippen LogP contribution in [-0.4, -0.2) is 48.3 Å². The molecule has 0 atom stereocenters. The predicted octanol–water partition coefficient (Wildman–Crippen LogP) is 1.74. The van der Waals surface area contributed by atoms with E-state index in [0.29, 0.717) is 37.1 Å². The molecule has 0 saturated carbocycles. The molecule has 0 spiro atoms. The zero-order valence-electron chi connectivity index (χ0n) is 15.2. The second-order valence-corrected chi connectivity index (χ2v) is 6.64. The van der Waals surface area contributed by atoms with Crippen molar-refractivity contribution in [1.82, 2.24) is 15.5 Å². The van der Waals surface area contributed by atoms with Crippen molar-refractivity contribution < 1.29 is 18.8 Å². The number of hydrogen-bond donors (Lipinski definition) is 2. The Balaban J connectivity index is 1.41. The Morgan fingerprint density at radius 1 is 1.15 bits per heavy atom. The molecular weight excluding hydrogens is 346 g/mol. The lowest BCUT2D eigenvalue weighted by Crippen LogP contribution is -2.48. The Bertz CT molecular complexity index is 808. The summed E-state index contributed by atoms with van der Waals surface area (Å²) in [6, 6.07) is 8.89. The van der Waals surface area contributed by atoms with Gasteiger partial charge in [0.05, 0.1) is 18.4 Å². The lowest BCUT2D eigenvalue weighted by Gasteiger charge is -2.32. The number of rotatable bonds is 5. The van der Waals surface area contributed by atoms with Gasteiger partial charge in [0, 0.05) is 24.7 Å². The quantitative estimate of drug-likeness (QED) is 0.840. The standard InChI is InChI=1S/C20H23N3O4/c1-14-4-2-3-5-17(14)19(25)21-12-18(24)22-16-6-9-23(10-7-16)20(26)15-8-11-27-13-15/h2-5,8,11,13,16H,6-7,9-10,12H2,1H3,(H,21,25)(H,22,24). The van der Waals surface area contributed by atoms with Crippen LogP contribution in [0.25, 0.3) is 0 Å². The van der Waals surface area contributed by atoms with E-state index in [0.717, 1.165) is 5.56 Å². The van der Waals surface area contributed by atoms with Crippen LogP contribution in [0.4, 0.5) is 0 Å². The number of nitrogens with zero attached hydrogens (tertiary/aromatic N) is 1. The summed E-state index contributed by atoms with van der Waals surface area (Å²) in [6.07, 6.45) is 4.28. The maximum atomic E-state index is 12.3. The maximum Gasteiger partial charge on any atom is 0.257 e. The van der Waals surface area contributed by atoms with E-state index in [1.54, 1.807) is 23.1 Å². The molecule has 1 aromatic heterocycles. The summed E-state index contributed by atoms with van der Waals surface area (Å²) in [7, 11) is 0. The van der Waals surface area contributed by atoms with Crippen molar-refractivity contribution >= 4 is 17.7 Å². The fraction of sp³-hybridized carbons (Fsp3) is 0.350. The first-order valence-corrected chi connectivity index (χ1v) is 8.99. The van der Waals surface area contributed by atoms with Crippen LogP contribution in [0.15, 0.2) is 47.3 Å². The summed E-state index contributed by atoms with van der Waals surface area (Å²) in [5.74, 6) is -0.542. The van der Waals surface area contributed by atoms with Crippen LogP contribution >= 0.6 is 0 Å². The van der Waals surface area contributed by atoms with Gasteiger partial charge in [0.1, 0.15) is 6.26 Å². The second-order valence-electron chi connectivity index (χ2n) is 6.64. The number of hydrogen-bond acceptors (Lipinski definition) is 4. The van der Waals surface area contributed by atoms with E-state index in [9.17, 15) is 14.4 Å². The first kappa shape index (κ1) is 18.7. The van der Waals surface area contributed by atoms with Crippen molar-refractivity contribution in [3.8, 4) is 0 Å². The van der Waals surface area contributed by atoms with E-state index in [-0.39, 0.29) is 30.3 Å². The minimum absolute atomic E-state index is 0.00117. The molecule has 3 rings (SSSR count). The molecule has 2 aromatic rings. The van der Waals surface area contributed by atoms with Gasteiger partial charge in [-0.05, 0) is 37.5 Å². The Morgan fingerprint density at radius 3 is 2.56 bits per heavy atom. The van der Waals surface area contributed by atoms with Crippen molar-refractivity contribution in [2.75, 3.05) is 19.6 Å². The molecule has 1 aliphatic rings. The lowest BCUT2D eigenvalue weighted by molar-refractivity contribution is -0.121. The van der Waals surface area contributed by atoms with Gasteiger partial charge in [0.2, 0.25) is 5.91 Å². The molecule has 7 nitrogen and oxygen atoms in total. The van der Waals surface area contributed by atoms with Crippen LogP contribution in [0.2, 0.25) is 0 Å². The average molecular weight is 369 g/mol. The van der Waals surface area contributed by atoms with Gasteiger partial charge in [-0.15, -0.1) is 0 Å². The summed E-state index contributed by atoms with van der Waals surface area (Å²) in [6.45, 7) is 2.93. The summed E-state index contributed by atoms with van der Waals surface area (Å²) in [5, 5.41) is 5.57. The van der Waals surface area contributed by atoms with E-state index < -0.39 is 0 Å². The Hall–Kier alpha value is -3.09. The molecule has 0 radical (unpaired) electrons. The number of likely N-dealkylation sites (tertiary alicyclic amines) is 1. The molecule has 27 heavy (non-hydrogen) atoms. The molecule has 1 fully saturated rings. The predicted molar refractivity (Wildman–Crippen MR) is 99.3 cm³/mol. The van der Waals surface area contributed by atoms with Gasteiger partial charge in [-0.2, -0.15) is 0 Å². The van der Waals surface area contributed by atoms with Crippen molar-refractivity contribution in [2.45, 2.75) is 25.8 Å². The first-order valence-electron chi connectivity index (χ1n) is 8.99. The molecule has 1 aliphatic heterocycles. The summed E-state index contributed by atoms with van der Waals surface area (Å²) in [4.78, 5) is 38.3. The van der Waals surface area contributed by atoms with E-state index >= 15 is 0 Å². The molecule has 1 aromatic carbocycles. The highest BCUT2D eigenvalue weighted by molar-refractivity contribution is 5.97. The van der Waals surface area contributed by atoms with Gasteiger partial charge in [0.15, 0.2) is 0 Å². The number of carbonyl (C=O) groups excluding carboxylic acids is 3. The van der Waals surface area contributed by atoms with Gasteiger partial charge in [-0.1, -0.05) is 18.2 Å². The molecule has 142 valence electrons. The molecule has 3 amide bonds. The third kappa shape index (κ3) is 4.75. The molecule has 7 heteroatoms. The third-order valence-corrected chi connectivity index (χ3v) is 4.71. The molecule has 1 saturated heterocycles. The van der Waals surface area contributed by atoms with Crippen LogP contribution in [0.1, 0.15) is 39.1 Å².